The zero-order valence-electron chi connectivity index (χ0n) is 21.8. The van der Waals surface area contributed by atoms with Crippen LogP contribution in [-0.2, 0) is 13.0 Å². The molecule has 0 spiro atoms. The molecule has 38 heavy (non-hydrogen) atoms. The number of hydrogen-bond donors (Lipinski definition) is 2. The number of likely N-dealkylation sites (tertiary alicyclic amines) is 1. The summed E-state index contributed by atoms with van der Waals surface area (Å²) in [5.74, 6) is 0.978. The Morgan fingerprint density at radius 1 is 1.11 bits per heavy atom. The van der Waals surface area contributed by atoms with Crippen LogP contribution in [0.4, 0.5) is 11.5 Å². The number of aliphatic hydroxyl groups is 1. The van der Waals surface area contributed by atoms with Gasteiger partial charge in [0.05, 0.1) is 29.4 Å². The molecule has 0 aliphatic carbocycles. The van der Waals surface area contributed by atoms with Crippen molar-refractivity contribution in [1.29, 1.82) is 0 Å². The van der Waals surface area contributed by atoms with Crippen molar-refractivity contribution in [2.75, 3.05) is 49.6 Å². The SMILES string of the molecule is CN1CCC[C@H]1COc1nc2c(c(N3C[C@@H]4C[C@@H](O)[C@H](C3)N4)n1)CCN(c1cccc3cccc(Cl)c13)C2. The van der Waals surface area contributed by atoms with Crippen LogP contribution in [0.25, 0.3) is 10.8 Å². The normalized spacial score (nSPS) is 27.2. The summed E-state index contributed by atoms with van der Waals surface area (Å²) in [6.07, 6.45) is 3.68. The van der Waals surface area contributed by atoms with E-state index in [0.29, 0.717) is 25.2 Å². The number of nitrogens with one attached hydrogen (secondary N) is 1. The molecule has 2 N–H and O–H groups in total. The van der Waals surface area contributed by atoms with E-state index in [9.17, 15) is 5.11 Å². The van der Waals surface area contributed by atoms with E-state index in [1.165, 1.54) is 12.0 Å². The molecule has 3 fully saturated rings. The van der Waals surface area contributed by atoms with Gasteiger partial charge in [0.15, 0.2) is 0 Å². The Balaban J connectivity index is 1.23. The van der Waals surface area contributed by atoms with Gasteiger partial charge in [-0.2, -0.15) is 9.97 Å². The third kappa shape index (κ3) is 4.37. The molecule has 4 aliphatic heterocycles. The Morgan fingerprint density at radius 2 is 1.97 bits per heavy atom. The third-order valence-electron chi connectivity index (χ3n) is 8.87. The second-order valence-electron chi connectivity index (χ2n) is 11.3. The van der Waals surface area contributed by atoms with Gasteiger partial charge in [-0.1, -0.05) is 35.9 Å². The van der Waals surface area contributed by atoms with Crippen molar-refractivity contribution in [2.24, 2.45) is 0 Å². The van der Waals surface area contributed by atoms with Crippen LogP contribution in [0.15, 0.2) is 36.4 Å². The molecular formula is C29H35ClN6O2. The second-order valence-corrected chi connectivity index (χ2v) is 11.7. The zero-order valence-corrected chi connectivity index (χ0v) is 22.6. The van der Waals surface area contributed by atoms with E-state index in [-0.39, 0.29) is 18.2 Å². The number of benzene rings is 2. The Kier molecular flexibility index (Phi) is 6.31. The van der Waals surface area contributed by atoms with Gasteiger partial charge in [0, 0.05) is 48.4 Å². The first-order valence-corrected chi connectivity index (χ1v) is 14.3. The highest BCUT2D eigenvalue weighted by Crippen LogP contribution is 2.37. The first kappa shape index (κ1) is 24.4. The molecule has 5 heterocycles. The quantitative estimate of drug-likeness (QED) is 0.517. The van der Waals surface area contributed by atoms with Crippen LogP contribution in [-0.4, -0.2) is 84.0 Å². The van der Waals surface area contributed by atoms with Crippen LogP contribution < -0.4 is 19.9 Å². The van der Waals surface area contributed by atoms with Gasteiger partial charge >= 0.3 is 6.01 Å². The third-order valence-corrected chi connectivity index (χ3v) is 9.18. The number of aliphatic hydroxyl groups excluding tert-OH is 1. The number of nitrogens with zero attached hydrogens (tertiary/aromatic N) is 5. The van der Waals surface area contributed by atoms with Crippen molar-refractivity contribution in [1.82, 2.24) is 20.2 Å². The minimum Gasteiger partial charge on any atom is -0.462 e. The van der Waals surface area contributed by atoms with Crippen LogP contribution in [0.3, 0.4) is 0 Å². The molecule has 4 atom stereocenters. The summed E-state index contributed by atoms with van der Waals surface area (Å²) >= 11 is 6.68. The smallest absolute Gasteiger partial charge is 0.318 e. The highest BCUT2D eigenvalue weighted by atomic mass is 35.5. The molecule has 0 amide bonds. The fourth-order valence-corrected chi connectivity index (χ4v) is 7.09. The summed E-state index contributed by atoms with van der Waals surface area (Å²) in [4.78, 5) is 17.1. The molecular weight excluding hydrogens is 500 g/mol. The minimum atomic E-state index is -0.303. The largest absolute Gasteiger partial charge is 0.462 e. The fraction of sp³-hybridized carbons (Fsp3) is 0.517. The summed E-state index contributed by atoms with van der Waals surface area (Å²) in [5.41, 5.74) is 3.36. The summed E-state index contributed by atoms with van der Waals surface area (Å²) < 4.78 is 6.28. The molecule has 9 heteroatoms. The van der Waals surface area contributed by atoms with E-state index in [1.807, 2.05) is 12.1 Å². The lowest BCUT2D eigenvalue weighted by Gasteiger charge is -2.37. The average molecular weight is 535 g/mol. The summed E-state index contributed by atoms with van der Waals surface area (Å²) in [6, 6.07) is 13.7. The van der Waals surface area contributed by atoms with Crippen molar-refractivity contribution in [2.45, 2.75) is 56.5 Å². The van der Waals surface area contributed by atoms with Gasteiger partial charge in [-0.3, -0.25) is 0 Å². The van der Waals surface area contributed by atoms with Crippen LogP contribution in [0.5, 0.6) is 6.01 Å². The fourth-order valence-electron chi connectivity index (χ4n) is 6.81. The molecule has 0 unspecified atom stereocenters. The molecule has 2 bridgehead atoms. The highest BCUT2D eigenvalue weighted by molar-refractivity contribution is 6.36. The molecule has 0 saturated carbocycles. The van der Waals surface area contributed by atoms with Crippen molar-refractivity contribution < 1.29 is 9.84 Å². The Bertz CT molecular complexity index is 1350. The maximum absolute atomic E-state index is 10.5. The second kappa shape index (κ2) is 9.83. The average Bonchev–Trinajstić information content (AvgIpc) is 3.46. The number of ether oxygens (including phenoxy) is 1. The molecule has 3 aromatic rings. The molecule has 3 saturated heterocycles. The van der Waals surface area contributed by atoms with Gasteiger partial charge in [-0.05, 0) is 56.8 Å². The lowest BCUT2D eigenvalue weighted by atomic mass is 10.0. The molecule has 0 radical (unpaired) electrons. The van der Waals surface area contributed by atoms with Crippen molar-refractivity contribution in [3.63, 3.8) is 0 Å². The first-order chi connectivity index (χ1) is 18.5. The molecule has 8 nitrogen and oxygen atoms in total. The van der Waals surface area contributed by atoms with Crippen LogP contribution in [0.1, 0.15) is 30.5 Å². The van der Waals surface area contributed by atoms with Gasteiger partial charge in [0.25, 0.3) is 0 Å². The number of rotatable bonds is 5. The van der Waals surface area contributed by atoms with E-state index in [0.717, 1.165) is 78.4 Å². The van der Waals surface area contributed by atoms with Crippen molar-refractivity contribution in [3.8, 4) is 6.01 Å². The maximum atomic E-state index is 10.5. The number of anilines is 2. The Hall–Kier alpha value is -2.65. The van der Waals surface area contributed by atoms with Gasteiger partial charge in [-0.25, -0.2) is 0 Å². The van der Waals surface area contributed by atoms with Gasteiger partial charge in [-0.15, -0.1) is 0 Å². The van der Waals surface area contributed by atoms with Crippen molar-refractivity contribution >= 4 is 33.9 Å². The summed E-state index contributed by atoms with van der Waals surface area (Å²) in [6.45, 7) is 4.83. The molecule has 200 valence electrons. The number of halogens is 1. The number of fused-ring (bicyclic) bond motifs is 4. The van der Waals surface area contributed by atoms with Crippen molar-refractivity contribution in [3.05, 3.63) is 52.7 Å². The van der Waals surface area contributed by atoms with Gasteiger partial charge < -0.3 is 29.9 Å². The number of piperazine rings is 1. The maximum Gasteiger partial charge on any atom is 0.318 e. The van der Waals surface area contributed by atoms with E-state index in [4.69, 9.17) is 26.3 Å². The Morgan fingerprint density at radius 3 is 2.79 bits per heavy atom. The standard InChI is InChI=1S/C29H35ClN6O2/c1-34-11-4-7-20(34)17-38-29-32-23-15-35(25-9-3-6-18-5-2-8-22(30)27(18)25)12-10-21(23)28(33-29)36-14-19-13-26(37)24(16-36)31-19/h2-3,5-6,8-9,19-20,24,26,31,37H,4,7,10-17H2,1H3/t19-,20-,24-,26+/m0/s1. The highest BCUT2D eigenvalue weighted by Gasteiger charge is 2.40. The van der Waals surface area contributed by atoms with Gasteiger partial charge in [0.1, 0.15) is 12.4 Å². The van der Waals surface area contributed by atoms with Crippen LogP contribution in [0, 0.1) is 0 Å². The Labute approximate surface area is 228 Å². The summed E-state index contributed by atoms with van der Waals surface area (Å²) in [5, 5.41) is 17.0. The minimum absolute atomic E-state index is 0.0776. The van der Waals surface area contributed by atoms with Gasteiger partial charge in [0.2, 0.25) is 0 Å². The lowest BCUT2D eigenvalue weighted by Crippen LogP contribution is -2.53. The number of likely N-dealkylation sites (N-methyl/N-ethyl adjacent to an activating group) is 1. The monoisotopic (exact) mass is 534 g/mol. The van der Waals surface area contributed by atoms with E-state index >= 15 is 0 Å². The lowest BCUT2D eigenvalue weighted by molar-refractivity contribution is 0.162. The van der Waals surface area contributed by atoms with E-state index < -0.39 is 0 Å². The zero-order chi connectivity index (χ0) is 25.8. The molecule has 4 aliphatic rings. The number of hydrogen-bond acceptors (Lipinski definition) is 8. The van der Waals surface area contributed by atoms with E-state index in [1.54, 1.807) is 0 Å². The first-order valence-electron chi connectivity index (χ1n) is 13.9. The summed E-state index contributed by atoms with van der Waals surface area (Å²) in [7, 11) is 2.16. The number of aromatic nitrogens is 2. The topological polar surface area (TPSA) is 77.0 Å². The predicted octanol–water partition coefficient (Wildman–Crippen LogP) is 3.23. The van der Waals surface area contributed by atoms with Crippen LogP contribution >= 0.6 is 11.6 Å². The predicted molar refractivity (Wildman–Crippen MR) is 150 cm³/mol. The van der Waals surface area contributed by atoms with Crippen LogP contribution in [0.2, 0.25) is 5.02 Å². The molecule has 7 rings (SSSR count). The molecule has 2 aromatic carbocycles. The van der Waals surface area contributed by atoms with E-state index in [2.05, 4.69) is 51.3 Å². The molecule has 1 aromatic heterocycles.